The van der Waals surface area contributed by atoms with Crippen molar-refractivity contribution < 1.29 is 0 Å². The van der Waals surface area contributed by atoms with Gasteiger partial charge in [-0.15, -0.1) is 0 Å². The van der Waals surface area contributed by atoms with Gasteiger partial charge in [-0.05, 0) is 31.7 Å². The summed E-state index contributed by atoms with van der Waals surface area (Å²) in [5, 5.41) is 13.2. The summed E-state index contributed by atoms with van der Waals surface area (Å²) in [6.07, 6.45) is 3.19. The molecule has 1 N–H and O–H groups in total. The highest BCUT2D eigenvalue weighted by Gasteiger charge is 2.40. The standard InChI is InChI=1S/C15H28N4/c1-14(2)12-18-9-4-15(13-16,5-10-18)19-8-3-6-17-7-11-19/h14,17H,3-12H2,1-2H3. The lowest BCUT2D eigenvalue weighted by molar-refractivity contribution is 0.0610. The summed E-state index contributed by atoms with van der Waals surface area (Å²) in [6, 6.07) is 2.66. The van der Waals surface area contributed by atoms with Crippen LogP contribution >= 0.6 is 0 Å². The molecule has 4 nitrogen and oxygen atoms in total. The van der Waals surface area contributed by atoms with Crippen molar-refractivity contribution in [2.45, 2.75) is 38.6 Å². The van der Waals surface area contributed by atoms with Crippen LogP contribution in [0.4, 0.5) is 0 Å². The number of hydrogen-bond acceptors (Lipinski definition) is 4. The lowest BCUT2D eigenvalue weighted by Gasteiger charge is -2.44. The van der Waals surface area contributed by atoms with E-state index in [4.69, 9.17) is 0 Å². The Hall–Kier alpha value is -0.630. The monoisotopic (exact) mass is 264 g/mol. The van der Waals surface area contributed by atoms with E-state index in [-0.39, 0.29) is 5.54 Å². The molecule has 4 heteroatoms. The minimum atomic E-state index is -0.195. The predicted molar refractivity (Wildman–Crippen MR) is 77.9 cm³/mol. The lowest BCUT2D eigenvalue weighted by atomic mass is 9.86. The lowest BCUT2D eigenvalue weighted by Crippen LogP contribution is -2.55. The molecule has 2 saturated heterocycles. The van der Waals surface area contributed by atoms with Gasteiger partial charge in [0.2, 0.25) is 0 Å². The molecule has 0 aromatic carbocycles. The summed E-state index contributed by atoms with van der Waals surface area (Å²) in [5.74, 6) is 0.719. The molecule has 0 unspecified atom stereocenters. The van der Waals surface area contributed by atoms with Crippen molar-refractivity contribution >= 4 is 0 Å². The van der Waals surface area contributed by atoms with Crippen LogP contribution in [0.2, 0.25) is 0 Å². The summed E-state index contributed by atoms with van der Waals surface area (Å²) < 4.78 is 0. The molecule has 0 bridgehead atoms. The van der Waals surface area contributed by atoms with Crippen LogP contribution in [0.5, 0.6) is 0 Å². The summed E-state index contributed by atoms with van der Waals surface area (Å²) in [6.45, 7) is 12.1. The molecular weight excluding hydrogens is 236 g/mol. The quantitative estimate of drug-likeness (QED) is 0.834. The van der Waals surface area contributed by atoms with Gasteiger partial charge in [0.15, 0.2) is 0 Å². The van der Waals surface area contributed by atoms with E-state index in [2.05, 4.69) is 35.0 Å². The average Bonchev–Trinajstić information content (AvgIpc) is 2.69. The van der Waals surface area contributed by atoms with Crippen molar-refractivity contribution in [3.05, 3.63) is 0 Å². The zero-order chi connectivity index (χ0) is 13.7. The van der Waals surface area contributed by atoms with E-state index >= 15 is 0 Å². The van der Waals surface area contributed by atoms with Gasteiger partial charge >= 0.3 is 0 Å². The molecule has 0 aliphatic carbocycles. The molecular formula is C15H28N4. The van der Waals surface area contributed by atoms with Gasteiger partial charge in [-0.2, -0.15) is 5.26 Å². The van der Waals surface area contributed by atoms with Crippen LogP contribution in [0.25, 0.3) is 0 Å². The highest BCUT2D eigenvalue weighted by molar-refractivity contribution is 5.11. The minimum absolute atomic E-state index is 0.195. The first-order valence-corrected chi connectivity index (χ1v) is 7.76. The van der Waals surface area contributed by atoms with E-state index in [1.807, 2.05) is 0 Å². The zero-order valence-electron chi connectivity index (χ0n) is 12.5. The van der Waals surface area contributed by atoms with Crippen molar-refractivity contribution in [3.8, 4) is 6.07 Å². The van der Waals surface area contributed by atoms with Gasteiger partial charge in [0.05, 0.1) is 6.07 Å². The van der Waals surface area contributed by atoms with Gasteiger partial charge in [0, 0.05) is 39.3 Å². The Morgan fingerprint density at radius 3 is 2.53 bits per heavy atom. The Kier molecular flexibility index (Phi) is 5.20. The van der Waals surface area contributed by atoms with Crippen LogP contribution in [0.3, 0.4) is 0 Å². The van der Waals surface area contributed by atoms with Gasteiger partial charge in [-0.1, -0.05) is 13.8 Å². The minimum Gasteiger partial charge on any atom is -0.315 e. The molecule has 2 aliphatic rings. The fraction of sp³-hybridized carbons (Fsp3) is 0.933. The second-order valence-corrected chi connectivity index (χ2v) is 6.43. The second-order valence-electron chi connectivity index (χ2n) is 6.43. The largest absolute Gasteiger partial charge is 0.315 e. The molecule has 0 amide bonds. The van der Waals surface area contributed by atoms with Gasteiger partial charge in [0.25, 0.3) is 0 Å². The summed E-state index contributed by atoms with van der Waals surface area (Å²) >= 11 is 0. The Labute approximate surface area is 117 Å². The zero-order valence-corrected chi connectivity index (χ0v) is 12.5. The topological polar surface area (TPSA) is 42.3 Å². The number of piperidine rings is 1. The van der Waals surface area contributed by atoms with Crippen LogP contribution in [-0.4, -0.2) is 61.2 Å². The fourth-order valence-corrected chi connectivity index (χ4v) is 3.39. The Morgan fingerprint density at radius 2 is 1.89 bits per heavy atom. The number of hydrogen-bond donors (Lipinski definition) is 1. The number of nitrogens with one attached hydrogen (secondary N) is 1. The third kappa shape index (κ3) is 3.68. The third-order valence-electron chi connectivity index (χ3n) is 4.46. The maximum atomic E-state index is 9.72. The molecule has 19 heavy (non-hydrogen) atoms. The number of likely N-dealkylation sites (tertiary alicyclic amines) is 1. The molecule has 0 saturated carbocycles. The van der Waals surface area contributed by atoms with Gasteiger partial charge in [-0.25, -0.2) is 0 Å². The Bertz CT molecular complexity index is 305. The van der Waals surface area contributed by atoms with Crippen LogP contribution in [0, 0.1) is 17.2 Å². The predicted octanol–water partition coefficient (Wildman–Crippen LogP) is 1.30. The van der Waals surface area contributed by atoms with Crippen molar-refractivity contribution in [2.75, 3.05) is 45.8 Å². The molecule has 0 atom stereocenters. The number of nitriles is 1. The Balaban J connectivity index is 1.95. The molecule has 108 valence electrons. The van der Waals surface area contributed by atoms with Gasteiger partial charge in [0.1, 0.15) is 5.54 Å². The first-order valence-electron chi connectivity index (χ1n) is 7.76. The summed E-state index contributed by atoms with van der Waals surface area (Å²) in [4.78, 5) is 4.97. The highest BCUT2D eigenvalue weighted by atomic mass is 15.2. The summed E-state index contributed by atoms with van der Waals surface area (Å²) in [7, 11) is 0. The molecule has 2 aliphatic heterocycles. The van der Waals surface area contributed by atoms with Crippen LogP contribution in [0.15, 0.2) is 0 Å². The molecule has 2 fully saturated rings. The van der Waals surface area contributed by atoms with Crippen LogP contribution in [0.1, 0.15) is 33.1 Å². The molecule has 0 radical (unpaired) electrons. The SMILES string of the molecule is CC(C)CN1CCC(C#N)(N2CCCNCC2)CC1. The fourth-order valence-electron chi connectivity index (χ4n) is 3.39. The molecule has 2 rings (SSSR count). The van der Waals surface area contributed by atoms with Crippen molar-refractivity contribution in [1.29, 1.82) is 5.26 Å². The first-order chi connectivity index (χ1) is 9.16. The number of nitrogens with zero attached hydrogens (tertiary/aromatic N) is 3. The second kappa shape index (κ2) is 6.69. The normalized spacial score (nSPS) is 26.0. The van der Waals surface area contributed by atoms with Crippen molar-refractivity contribution in [1.82, 2.24) is 15.1 Å². The molecule has 0 aromatic rings. The molecule has 0 aromatic heterocycles. The Morgan fingerprint density at radius 1 is 1.16 bits per heavy atom. The van der Waals surface area contributed by atoms with Crippen molar-refractivity contribution in [3.63, 3.8) is 0 Å². The van der Waals surface area contributed by atoms with E-state index in [0.29, 0.717) is 0 Å². The van der Waals surface area contributed by atoms with E-state index in [9.17, 15) is 5.26 Å². The molecule has 2 heterocycles. The number of rotatable bonds is 3. The average molecular weight is 264 g/mol. The maximum Gasteiger partial charge on any atom is 0.111 e. The summed E-state index contributed by atoms with van der Waals surface area (Å²) in [5.41, 5.74) is -0.195. The van der Waals surface area contributed by atoms with E-state index < -0.39 is 0 Å². The van der Waals surface area contributed by atoms with E-state index in [1.54, 1.807) is 0 Å². The van der Waals surface area contributed by atoms with Crippen LogP contribution in [-0.2, 0) is 0 Å². The highest BCUT2D eigenvalue weighted by Crippen LogP contribution is 2.29. The van der Waals surface area contributed by atoms with E-state index in [0.717, 1.165) is 58.0 Å². The van der Waals surface area contributed by atoms with Gasteiger partial charge in [-0.3, -0.25) is 4.90 Å². The smallest absolute Gasteiger partial charge is 0.111 e. The van der Waals surface area contributed by atoms with E-state index in [1.165, 1.54) is 13.0 Å². The van der Waals surface area contributed by atoms with Gasteiger partial charge < -0.3 is 10.2 Å². The van der Waals surface area contributed by atoms with Crippen molar-refractivity contribution in [2.24, 2.45) is 5.92 Å². The molecule has 0 spiro atoms. The first kappa shape index (κ1) is 14.8. The maximum absolute atomic E-state index is 9.72. The van der Waals surface area contributed by atoms with Crippen LogP contribution < -0.4 is 5.32 Å². The third-order valence-corrected chi connectivity index (χ3v) is 4.46.